The van der Waals surface area contributed by atoms with Crippen LogP contribution in [0.5, 0.6) is 0 Å². The average Bonchev–Trinajstić information content (AvgIpc) is 2.81. The lowest BCUT2D eigenvalue weighted by Crippen LogP contribution is -2.23. The van der Waals surface area contributed by atoms with Crippen molar-refractivity contribution in [2.45, 2.75) is 52.0 Å². The summed E-state index contributed by atoms with van der Waals surface area (Å²) in [4.78, 5) is 9.02. The Labute approximate surface area is 133 Å². The Balaban J connectivity index is 1.87. The van der Waals surface area contributed by atoms with Gasteiger partial charge < -0.3 is 5.32 Å². The fraction of sp³-hybridized carbons (Fsp3) is 0.533. The van der Waals surface area contributed by atoms with Gasteiger partial charge in [-0.15, -0.1) is 0 Å². The van der Waals surface area contributed by atoms with Crippen molar-refractivity contribution in [3.63, 3.8) is 0 Å². The van der Waals surface area contributed by atoms with Gasteiger partial charge in [0.05, 0.1) is 10.2 Å². The van der Waals surface area contributed by atoms with Crippen LogP contribution in [0.25, 0.3) is 5.95 Å². The number of rotatable bonds is 3. The highest BCUT2D eigenvalue weighted by atomic mass is 79.9. The smallest absolute Gasteiger partial charge is 0.252 e. The van der Waals surface area contributed by atoms with Crippen LogP contribution in [0.2, 0.25) is 0 Å². The van der Waals surface area contributed by atoms with Gasteiger partial charge in [0.1, 0.15) is 5.82 Å². The zero-order valence-corrected chi connectivity index (χ0v) is 14.0. The fourth-order valence-corrected chi connectivity index (χ4v) is 3.14. The summed E-state index contributed by atoms with van der Waals surface area (Å²) < 4.78 is 2.69. The molecule has 0 bridgehead atoms. The second-order valence-corrected chi connectivity index (χ2v) is 6.54. The van der Waals surface area contributed by atoms with E-state index in [-0.39, 0.29) is 0 Å². The maximum atomic E-state index is 4.64. The molecule has 0 unspecified atom stereocenters. The summed E-state index contributed by atoms with van der Waals surface area (Å²) in [6.07, 6.45) is 8.16. The van der Waals surface area contributed by atoms with Crippen LogP contribution in [0.1, 0.15) is 43.5 Å². The maximum Gasteiger partial charge on any atom is 0.252 e. The molecule has 2 aromatic heterocycles. The van der Waals surface area contributed by atoms with Crippen LogP contribution in [-0.2, 0) is 0 Å². The summed E-state index contributed by atoms with van der Waals surface area (Å²) in [5, 5.41) is 7.99. The van der Waals surface area contributed by atoms with Crippen LogP contribution in [0.15, 0.2) is 16.7 Å². The second-order valence-electron chi connectivity index (χ2n) is 5.68. The molecule has 0 aliphatic heterocycles. The van der Waals surface area contributed by atoms with Crippen LogP contribution >= 0.6 is 15.9 Å². The van der Waals surface area contributed by atoms with Crippen molar-refractivity contribution in [3.8, 4) is 5.95 Å². The molecule has 3 rings (SSSR count). The summed E-state index contributed by atoms with van der Waals surface area (Å²) in [7, 11) is 0. The maximum absolute atomic E-state index is 4.64. The number of aryl methyl sites for hydroxylation is 2. The minimum atomic E-state index is 0.512. The Bertz CT molecular complexity index is 631. The van der Waals surface area contributed by atoms with Gasteiger partial charge in [-0.2, -0.15) is 10.1 Å². The van der Waals surface area contributed by atoms with Gasteiger partial charge >= 0.3 is 0 Å². The molecule has 0 spiro atoms. The lowest BCUT2D eigenvalue weighted by atomic mass is 9.95. The first-order valence-electron chi connectivity index (χ1n) is 7.46. The molecule has 112 valence electrons. The van der Waals surface area contributed by atoms with Gasteiger partial charge in [0.2, 0.25) is 0 Å². The third kappa shape index (κ3) is 3.26. The number of halogens is 1. The Morgan fingerprint density at radius 1 is 1.24 bits per heavy atom. The molecule has 1 saturated carbocycles. The SMILES string of the molecule is Cc1cc(C)n(-c2ncc(Br)c(NC3CCCCC3)n2)n1. The summed E-state index contributed by atoms with van der Waals surface area (Å²) >= 11 is 3.54. The van der Waals surface area contributed by atoms with Gasteiger partial charge in [-0.1, -0.05) is 19.3 Å². The number of anilines is 1. The zero-order chi connectivity index (χ0) is 14.8. The molecule has 5 nitrogen and oxygen atoms in total. The summed E-state index contributed by atoms with van der Waals surface area (Å²) in [5.74, 6) is 1.47. The highest BCUT2D eigenvalue weighted by molar-refractivity contribution is 9.10. The van der Waals surface area contributed by atoms with Crippen molar-refractivity contribution in [1.82, 2.24) is 19.7 Å². The van der Waals surface area contributed by atoms with Gasteiger partial charge in [0.25, 0.3) is 5.95 Å². The molecule has 1 N–H and O–H groups in total. The normalized spacial score (nSPS) is 16.1. The van der Waals surface area contributed by atoms with E-state index >= 15 is 0 Å². The molecule has 0 amide bonds. The van der Waals surface area contributed by atoms with E-state index in [9.17, 15) is 0 Å². The highest BCUT2D eigenvalue weighted by Crippen LogP contribution is 2.25. The minimum Gasteiger partial charge on any atom is -0.366 e. The van der Waals surface area contributed by atoms with Crippen LogP contribution < -0.4 is 5.32 Å². The molecule has 0 aromatic carbocycles. The predicted molar refractivity (Wildman–Crippen MR) is 86.8 cm³/mol. The Morgan fingerprint density at radius 2 is 2.00 bits per heavy atom. The van der Waals surface area contributed by atoms with Crippen molar-refractivity contribution < 1.29 is 0 Å². The Kier molecular flexibility index (Phi) is 4.24. The number of hydrogen-bond acceptors (Lipinski definition) is 4. The lowest BCUT2D eigenvalue weighted by molar-refractivity contribution is 0.461. The van der Waals surface area contributed by atoms with Crippen LogP contribution in [-0.4, -0.2) is 25.8 Å². The van der Waals surface area contributed by atoms with E-state index in [1.165, 1.54) is 32.1 Å². The topological polar surface area (TPSA) is 55.6 Å². The summed E-state index contributed by atoms with van der Waals surface area (Å²) in [6, 6.07) is 2.54. The van der Waals surface area contributed by atoms with Crippen molar-refractivity contribution in [1.29, 1.82) is 0 Å². The number of hydrogen-bond donors (Lipinski definition) is 1. The van der Waals surface area contributed by atoms with Crippen molar-refractivity contribution in [2.24, 2.45) is 0 Å². The summed E-state index contributed by atoms with van der Waals surface area (Å²) in [5.41, 5.74) is 2.01. The Morgan fingerprint density at radius 3 is 2.67 bits per heavy atom. The van der Waals surface area contributed by atoms with E-state index in [1.807, 2.05) is 19.9 Å². The minimum absolute atomic E-state index is 0.512. The van der Waals surface area contributed by atoms with E-state index < -0.39 is 0 Å². The Hall–Kier alpha value is -1.43. The van der Waals surface area contributed by atoms with Crippen LogP contribution in [0, 0.1) is 13.8 Å². The van der Waals surface area contributed by atoms with Crippen molar-refractivity contribution in [3.05, 3.63) is 28.1 Å². The largest absolute Gasteiger partial charge is 0.366 e. The summed E-state index contributed by atoms with van der Waals surface area (Å²) in [6.45, 7) is 3.99. The zero-order valence-electron chi connectivity index (χ0n) is 12.4. The molecule has 1 aliphatic rings. The molecular formula is C15H20BrN5. The molecule has 2 heterocycles. The second kappa shape index (κ2) is 6.13. The quantitative estimate of drug-likeness (QED) is 0.915. The third-order valence-corrected chi connectivity index (χ3v) is 4.46. The molecule has 0 saturated heterocycles. The predicted octanol–water partition coefficient (Wildman–Crippen LogP) is 3.79. The van der Waals surface area contributed by atoms with E-state index in [1.54, 1.807) is 10.9 Å². The first-order valence-corrected chi connectivity index (χ1v) is 8.25. The number of aromatic nitrogens is 4. The highest BCUT2D eigenvalue weighted by Gasteiger charge is 2.16. The average molecular weight is 350 g/mol. The van der Waals surface area contributed by atoms with Crippen LogP contribution in [0.4, 0.5) is 5.82 Å². The first-order chi connectivity index (χ1) is 10.1. The number of nitrogens with one attached hydrogen (secondary N) is 1. The lowest BCUT2D eigenvalue weighted by Gasteiger charge is -2.23. The molecule has 1 fully saturated rings. The first kappa shape index (κ1) is 14.5. The van der Waals surface area contributed by atoms with E-state index in [2.05, 4.69) is 36.3 Å². The standard InChI is InChI=1S/C15H20BrN5/c1-10-8-11(2)21(20-10)15-17-9-13(16)14(19-15)18-12-6-4-3-5-7-12/h8-9,12H,3-7H2,1-2H3,(H,17,18,19). The van der Waals surface area contributed by atoms with E-state index in [0.717, 1.165) is 21.7 Å². The molecular weight excluding hydrogens is 330 g/mol. The monoisotopic (exact) mass is 349 g/mol. The van der Waals surface area contributed by atoms with Crippen molar-refractivity contribution in [2.75, 3.05) is 5.32 Å². The molecule has 2 aromatic rings. The molecule has 21 heavy (non-hydrogen) atoms. The van der Waals surface area contributed by atoms with Crippen LogP contribution in [0.3, 0.4) is 0 Å². The fourth-order valence-electron chi connectivity index (χ4n) is 2.83. The molecule has 0 atom stereocenters. The van der Waals surface area contributed by atoms with Crippen molar-refractivity contribution >= 4 is 21.7 Å². The van der Waals surface area contributed by atoms with Gasteiger partial charge in [-0.3, -0.25) is 0 Å². The van der Waals surface area contributed by atoms with Gasteiger partial charge in [-0.05, 0) is 48.7 Å². The molecule has 1 aliphatic carbocycles. The van der Waals surface area contributed by atoms with E-state index in [4.69, 9.17) is 0 Å². The molecule has 0 radical (unpaired) electrons. The molecule has 6 heteroatoms. The van der Waals surface area contributed by atoms with Gasteiger partial charge in [-0.25, -0.2) is 9.67 Å². The van der Waals surface area contributed by atoms with Gasteiger partial charge in [0.15, 0.2) is 0 Å². The van der Waals surface area contributed by atoms with E-state index in [0.29, 0.717) is 12.0 Å². The van der Waals surface area contributed by atoms with Gasteiger partial charge in [0, 0.05) is 17.9 Å². The third-order valence-electron chi connectivity index (χ3n) is 3.88. The number of nitrogens with zero attached hydrogens (tertiary/aromatic N) is 4.